The third-order valence-electron chi connectivity index (χ3n) is 4.75. The summed E-state index contributed by atoms with van der Waals surface area (Å²) in [4.78, 5) is 31.1. The summed E-state index contributed by atoms with van der Waals surface area (Å²) in [5.74, 6) is -0.439. The molecule has 24 heavy (non-hydrogen) atoms. The van der Waals surface area contributed by atoms with E-state index in [1.807, 2.05) is 44.2 Å². The highest BCUT2D eigenvalue weighted by molar-refractivity contribution is 5.88. The molecule has 1 saturated carbocycles. The van der Waals surface area contributed by atoms with Gasteiger partial charge in [0, 0.05) is 32.6 Å². The first kappa shape index (κ1) is 18.0. The van der Waals surface area contributed by atoms with Crippen molar-refractivity contribution in [2.75, 3.05) is 14.1 Å². The van der Waals surface area contributed by atoms with Crippen LogP contribution in [0.25, 0.3) is 0 Å². The van der Waals surface area contributed by atoms with Crippen molar-refractivity contribution in [3.8, 4) is 0 Å². The Morgan fingerprint density at radius 1 is 1.29 bits per heavy atom. The molecule has 0 unspecified atom stereocenters. The molecule has 1 aromatic rings. The van der Waals surface area contributed by atoms with E-state index in [4.69, 9.17) is 0 Å². The van der Waals surface area contributed by atoms with Crippen LogP contribution in [0.2, 0.25) is 0 Å². The van der Waals surface area contributed by atoms with Crippen molar-refractivity contribution in [3.63, 3.8) is 0 Å². The Hall–Kier alpha value is -2.37. The van der Waals surface area contributed by atoms with Crippen LogP contribution in [0.1, 0.15) is 25.8 Å². The van der Waals surface area contributed by atoms with Crippen LogP contribution in [0.3, 0.4) is 0 Å². The number of hydrogen-bond donors (Lipinski definition) is 1. The zero-order valence-corrected chi connectivity index (χ0v) is 14.6. The molecule has 2 atom stereocenters. The average molecular weight is 331 g/mol. The Kier molecular flexibility index (Phi) is 5.26. The molecule has 2 amide bonds. The molecule has 6 nitrogen and oxygen atoms in total. The summed E-state index contributed by atoms with van der Waals surface area (Å²) in [5, 5.41) is 9.61. The van der Waals surface area contributed by atoms with Crippen LogP contribution in [-0.4, -0.2) is 53.4 Å². The van der Waals surface area contributed by atoms with Crippen molar-refractivity contribution in [1.29, 1.82) is 0 Å². The van der Waals surface area contributed by atoms with Gasteiger partial charge in [0.05, 0.1) is 6.34 Å². The molecule has 2 rings (SSSR count). The first-order chi connectivity index (χ1) is 11.2. The van der Waals surface area contributed by atoms with E-state index >= 15 is 0 Å². The molecule has 1 fully saturated rings. The molecule has 0 heterocycles. The highest BCUT2D eigenvalue weighted by Gasteiger charge is 2.55. The lowest BCUT2D eigenvalue weighted by molar-refractivity contribution is -0.139. The molecule has 6 heteroatoms. The second-order valence-corrected chi connectivity index (χ2v) is 7.07. The van der Waals surface area contributed by atoms with Gasteiger partial charge in [0.1, 0.15) is 0 Å². The lowest BCUT2D eigenvalue weighted by Gasteiger charge is -2.54. The first-order valence-corrected chi connectivity index (χ1v) is 8.01. The van der Waals surface area contributed by atoms with Crippen molar-refractivity contribution in [2.24, 2.45) is 16.3 Å². The molecule has 1 N–H and O–H groups in total. The number of hydrogen-bond acceptors (Lipinski definition) is 2. The summed E-state index contributed by atoms with van der Waals surface area (Å²) in [6.45, 7) is 4.21. The summed E-state index contributed by atoms with van der Waals surface area (Å²) in [6.07, 6.45) is 1.04. The van der Waals surface area contributed by atoms with E-state index in [0.717, 1.165) is 5.56 Å². The van der Waals surface area contributed by atoms with Gasteiger partial charge in [0.25, 0.3) is 5.91 Å². The highest BCUT2D eigenvalue weighted by atomic mass is 16.4. The molecule has 0 aromatic heterocycles. The number of carbonyl (C=O) groups excluding carboxylic acids is 1. The van der Waals surface area contributed by atoms with Crippen molar-refractivity contribution in [2.45, 2.75) is 32.9 Å². The van der Waals surface area contributed by atoms with Crippen molar-refractivity contribution in [1.82, 2.24) is 9.80 Å². The van der Waals surface area contributed by atoms with Gasteiger partial charge in [-0.1, -0.05) is 44.2 Å². The summed E-state index contributed by atoms with van der Waals surface area (Å²) in [7, 11) is 3.61. The molecule has 0 radical (unpaired) electrons. The van der Waals surface area contributed by atoms with Gasteiger partial charge < -0.3 is 14.9 Å². The summed E-state index contributed by atoms with van der Waals surface area (Å²) < 4.78 is 0. The van der Waals surface area contributed by atoms with E-state index in [9.17, 15) is 14.7 Å². The van der Waals surface area contributed by atoms with Crippen LogP contribution in [0.15, 0.2) is 35.3 Å². The van der Waals surface area contributed by atoms with Crippen molar-refractivity contribution in [3.05, 3.63) is 35.9 Å². The fourth-order valence-electron chi connectivity index (χ4n) is 3.20. The van der Waals surface area contributed by atoms with Gasteiger partial charge in [-0.15, -0.1) is 0 Å². The predicted octanol–water partition coefficient (Wildman–Crippen LogP) is 2.70. The van der Waals surface area contributed by atoms with E-state index in [0.29, 0.717) is 13.0 Å². The predicted molar refractivity (Wildman–Crippen MR) is 92.9 cm³/mol. The topological polar surface area (TPSA) is 73.2 Å². The standard InChI is InChI=1S/C18H25N3O3/c1-18(2)14(16(22)19-12-20(3)4)10-15(18)21(17(23)24)11-13-8-6-5-7-9-13/h5-9,12,14-15H,10-11H2,1-4H3,(H,23,24)/b19-12+/t14-,15-/m1/s1. The van der Waals surface area contributed by atoms with Gasteiger partial charge >= 0.3 is 6.09 Å². The van der Waals surface area contributed by atoms with Gasteiger partial charge in [0.2, 0.25) is 0 Å². The molecule has 130 valence electrons. The quantitative estimate of drug-likeness (QED) is 0.665. The van der Waals surface area contributed by atoms with Gasteiger partial charge in [-0.05, 0) is 17.4 Å². The van der Waals surface area contributed by atoms with Crippen LogP contribution in [0, 0.1) is 11.3 Å². The molecule has 0 aliphatic heterocycles. The minimum Gasteiger partial charge on any atom is -0.465 e. The molecule has 1 aromatic carbocycles. The zero-order valence-electron chi connectivity index (χ0n) is 14.6. The van der Waals surface area contributed by atoms with Crippen LogP contribution in [-0.2, 0) is 11.3 Å². The second-order valence-electron chi connectivity index (χ2n) is 7.07. The Morgan fingerprint density at radius 3 is 2.42 bits per heavy atom. The van der Waals surface area contributed by atoms with Gasteiger partial charge in [-0.3, -0.25) is 4.79 Å². The summed E-state index contributed by atoms with van der Waals surface area (Å²) in [6, 6.07) is 9.31. The number of carboxylic acid groups (broad SMARTS) is 1. The van der Waals surface area contributed by atoms with Crippen LogP contribution < -0.4 is 0 Å². The fraction of sp³-hybridized carbons (Fsp3) is 0.500. The van der Waals surface area contributed by atoms with Crippen LogP contribution >= 0.6 is 0 Å². The Bertz CT molecular complexity index is 626. The Labute approximate surface area is 142 Å². The van der Waals surface area contributed by atoms with E-state index in [2.05, 4.69) is 4.99 Å². The monoisotopic (exact) mass is 331 g/mol. The third kappa shape index (κ3) is 3.75. The number of benzene rings is 1. The maximum absolute atomic E-state index is 12.3. The molecule has 0 saturated heterocycles. The zero-order chi connectivity index (χ0) is 17.9. The fourth-order valence-corrected chi connectivity index (χ4v) is 3.20. The third-order valence-corrected chi connectivity index (χ3v) is 4.75. The van der Waals surface area contributed by atoms with Crippen LogP contribution in [0.5, 0.6) is 0 Å². The molecule has 0 bridgehead atoms. The minimum atomic E-state index is -0.959. The Morgan fingerprint density at radius 2 is 1.92 bits per heavy atom. The molecule has 0 spiro atoms. The number of aliphatic imine (C=N–C) groups is 1. The minimum absolute atomic E-state index is 0.185. The number of rotatable bonds is 5. The van der Waals surface area contributed by atoms with E-state index in [-0.39, 0.29) is 17.9 Å². The summed E-state index contributed by atoms with van der Waals surface area (Å²) >= 11 is 0. The first-order valence-electron chi connectivity index (χ1n) is 8.01. The highest BCUT2D eigenvalue weighted by Crippen LogP contribution is 2.50. The normalized spacial score (nSPS) is 22.0. The van der Waals surface area contributed by atoms with E-state index in [1.165, 1.54) is 11.2 Å². The SMILES string of the molecule is CN(C)/C=N/C(=O)[C@H]1C[C@@H](N(Cc2ccccc2)C(=O)O)C1(C)C. The lowest BCUT2D eigenvalue weighted by Crippen LogP contribution is -2.61. The smallest absolute Gasteiger partial charge is 0.407 e. The number of nitrogens with zero attached hydrogens (tertiary/aromatic N) is 3. The Balaban J connectivity index is 2.10. The number of amides is 2. The molecular formula is C18H25N3O3. The van der Waals surface area contributed by atoms with Gasteiger partial charge in [0.15, 0.2) is 0 Å². The average Bonchev–Trinajstić information content (AvgIpc) is 2.51. The van der Waals surface area contributed by atoms with Gasteiger partial charge in [-0.25, -0.2) is 9.79 Å². The van der Waals surface area contributed by atoms with E-state index < -0.39 is 11.5 Å². The largest absolute Gasteiger partial charge is 0.465 e. The van der Waals surface area contributed by atoms with Crippen molar-refractivity contribution < 1.29 is 14.7 Å². The van der Waals surface area contributed by atoms with Crippen LogP contribution in [0.4, 0.5) is 4.79 Å². The molecular weight excluding hydrogens is 306 g/mol. The maximum Gasteiger partial charge on any atom is 0.407 e. The molecule has 1 aliphatic carbocycles. The van der Waals surface area contributed by atoms with Gasteiger partial charge in [-0.2, -0.15) is 0 Å². The maximum atomic E-state index is 12.3. The second kappa shape index (κ2) is 7.03. The lowest BCUT2D eigenvalue weighted by atomic mass is 9.57. The molecule has 1 aliphatic rings. The van der Waals surface area contributed by atoms with E-state index in [1.54, 1.807) is 19.0 Å². The summed E-state index contributed by atoms with van der Waals surface area (Å²) in [5.41, 5.74) is 0.504. The number of carbonyl (C=O) groups is 2. The van der Waals surface area contributed by atoms with Crippen molar-refractivity contribution >= 4 is 18.3 Å².